The van der Waals surface area contributed by atoms with Crippen LogP contribution in [0.5, 0.6) is 0 Å². The van der Waals surface area contributed by atoms with E-state index >= 15 is 0 Å². The maximum atomic E-state index is 11.1. The lowest BCUT2D eigenvalue weighted by Crippen LogP contribution is -1.94. The fraction of sp³-hybridized carbons (Fsp3) is 0. The smallest absolute Gasteiger partial charge is 0.207 e. The third-order valence-electron chi connectivity index (χ3n) is 1.25. The van der Waals surface area contributed by atoms with Crippen LogP contribution in [-0.2, 0) is 9.05 Å². The maximum Gasteiger partial charge on any atom is 0.263 e. The Bertz CT molecular complexity index is 444. The summed E-state index contributed by atoms with van der Waals surface area (Å²) < 4.78 is 23.0. The van der Waals surface area contributed by atoms with Crippen LogP contribution >= 0.6 is 54.1 Å². The zero-order valence-electron chi connectivity index (χ0n) is 5.89. The zero-order chi connectivity index (χ0) is 10.2. The molecule has 7 heteroatoms. The highest BCUT2D eigenvalue weighted by atomic mass is 79.9. The van der Waals surface area contributed by atoms with Crippen molar-refractivity contribution < 1.29 is 8.42 Å². The van der Waals surface area contributed by atoms with Crippen molar-refractivity contribution in [2.75, 3.05) is 0 Å². The third-order valence-corrected chi connectivity index (χ3v) is 5.33. The standard InChI is InChI=1S/C6H2Br2Cl2O2S/c7-3-1-2-4(9)6(5(3)8)13(10,11)12/h1-2H. The Kier molecular flexibility index (Phi) is 3.68. The van der Waals surface area contributed by atoms with E-state index in [4.69, 9.17) is 22.3 Å². The minimum atomic E-state index is -3.82. The van der Waals surface area contributed by atoms with Crippen molar-refractivity contribution in [1.82, 2.24) is 0 Å². The Morgan fingerprint density at radius 3 is 2.15 bits per heavy atom. The van der Waals surface area contributed by atoms with E-state index in [-0.39, 0.29) is 9.92 Å². The van der Waals surface area contributed by atoms with Crippen LogP contribution in [0.1, 0.15) is 0 Å². The van der Waals surface area contributed by atoms with Crippen LogP contribution in [0.15, 0.2) is 26.0 Å². The molecule has 0 atom stereocenters. The molecule has 0 fully saturated rings. The van der Waals surface area contributed by atoms with Gasteiger partial charge in [-0.25, -0.2) is 8.42 Å². The molecule has 0 unspecified atom stereocenters. The molecule has 0 spiro atoms. The molecule has 0 saturated carbocycles. The SMILES string of the molecule is O=S(=O)(Cl)c1c(Cl)ccc(Br)c1Br. The van der Waals surface area contributed by atoms with E-state index in [0.29, 0.717) is 8.95 Å². The molecule has 0 saturated heterocycles. The number of hydrogen-bond donors (Lipinski definition) is 0. The number of rotatable bonds is 1. The van der Waals surface area contributed by atoms with Gasteiger partial charge in [0.15, 0.2) is 0 Å². The minimum Gasteiger partial charge on any atom is -0.207 e. The second kappa shape index (κ2) is 4.06. The van der Waals surface area contributed by atoms with Gasteiger partial charge in [0, 0.05) is 15.2 Å². The largest absolute Gasteiger partial charge is 0.263 e. The molecular weight excluding hydrogens is 367 g/mol. The lowest BCUT2D eigenvalue weighted by molar-refractivity contribution is 0.609. The molecule has 72 valence electrons. The summed E-state index contributed by atoms with van der Waals surface area (Å²) in [5.41, 5.74) is 0. The Labute approximate surface area is 102 Å². The molecule has 0 bridgehead atoms. The van der Waals surface area contributed by atoms with Crippen LogP contribution in [0.4, 0.5) is 0 Å². The average molecular weight is 369 g/mol. The van der Waals surface area contributed by atoms with Crippen LogP contribution in [0.3, 0.4) is 0 Å². The number of hydrogen-bond acceptors (Lipinski definition) is 2. The summed E-state index contributed by atoms with van der Waals surface area (Å²) >= 11 is 11.9. The quantitative estimate of drug-likeness (QED) is 0.558. The van der Waals surface area contributed by atoms with E-state index in [9.17, 15) is 8.42 Å². The van der Waals surface area contributed by atoms with E-state index < -0.39 is 9.05 Å². The second-order valence-electron chi connectivity index (χ2n) is 2.11. The van der Waals surface area contributed by atoms with Crippen molar-refractivity contribution in [2.24, 2.45) is 0 Å². The van der Waals surface area contributed by atoms with E-state index in [2.05, 4.69) is 31.9 Å². The lowest BCUT2D eigenvalue weighted by Gasteiger charge is -2.04. The average Bonchev–Trinajstić information content (AvgIpc) is 1.95. The summed E-state index contributed by atoms with van der Waals surface area (Å²) in [6.45, 7) is 0. The topological polar surface area (TPSA) is 34.1 Å². The molecule has 1 aromatic carbocycles. The highest BCUT2D eigenvalue weighted by Gasteiger charge is 2.20. The Hall–Kier alpha value is 0.710. The van der Waals surface area contributed by atoms with Crippen molar-refractivity contribution >= 4 is 63.2 Å². The molecule has 0 radical (unpaired) electrons. The molecule has 0 aliphatic carbocycles. The predicted molar refractivity (Wildman–Crippen MR) is 59.9 cm³/mol. The molecule has 0 aliphatic rings. The predicted octanol–water partition coefficient (Wildman–Crippen LogP) is 3.79. The Balaban J connectivity index is 3.62. The Morgan fingerprint density at radius 1 is 1.23 bits per heavy atom. The molecular formula is C6H2Br2Cl2O2S. The van der Waals surface area contributed by atoms with Gasteiger partial charge in [-0.1, -0.05) is 11.6 Å². The van der Waals surface area contributed by atoms with Crippen molar-refractivity contribution in [1.29, 1.82) is 0 Å². The molecule has 13 heavy (non-hydrogen) atoms. The van der Waals surface area contributed by atoms with Crippen molar-refractivity contribution in [3.63, 3.8) is 0 Å². The summed E-state index contributed by atoms with van der Waals surface area (Å²) in [7, 11) is 1.35. The molecule has 1 rings (SSSR count). The molecule has 0 heterocycles. The highest BCUT2D eigenvalue weighted by molar-refractivity contribution is 9.13. The summed E-state index contributed by atoms with van der Waals surface area (Å²) in [5, 5.41) is 0.0880. The fourth-order valence-corrected chi connectivity index (χ4v) is 4.26. The van der Waals surface area contributed by atoms with Crippen molar-refractivity contribution in [2.45, 2.75) is 4.90 Å². The summed E-state index contributed by atoms with van der Waals surface area (Å²) in [4.78, 5) is -0.120. The first-order chi connectivity index (χ1) is 5.84. The van der Waals surface area contributed by atoms with Crippen molar-refractivity contribution in [3.05, 3.63) is 26.1 Å². The van der Waals surface area contributed by atoms with E-state index in [0.717, 1.165) is 0 Å². The van der Waals surface area contributed by atoms with Crippen molar-refractivity contribution in [3.8, 4) is 0 Å². The van der Waals surface area contributed by atoms with Gasteiger partial charge in [0.2, 0.25) is 0 Å². The summed E-state index contributed by atoms with van der Waals surface area (Å²) in [6.07, 6.45) is 0. The first kappa shape index (κ1) is 11.8. The van der Waals surface area contributed by atoms with Gasteiger partial charge in [0.25, 0.3) is 9.05 Å². The van der Waals surface area contributed by atoms with E-state index in [1.807, 2.05) is 0 Å². The van der Waals surface area contributed by atoms with Gasteiger partial charge >= 0.3 is 0 Å². The monoisotopic (exact) mass is 366 g/mol. The first-order valence-electron chi connectivity index (χ1n) is 2.92. The van der Waals surface area contributed by atoms with Gasteiger partial charge in [0.1, 0.15) is 4.90 Å². The van der Waals surface area contributed by atoms with Gasteiger partial charge in [-0.05, 0) is 44.0 Å². The van der Waals surface area contributed by atoms with Crippen LogP contribution in [-0.4, -0.2) is 8.42 Å². The third kappa shape index (κ3) is 2.59. The number of halogens is 4. The van der Waals surface area contributed by atoms with E-state index in [1.165, 1.54) is 6.07 Å². The zero-order valence-corrected chi connectivity index (χ0v) is 11.4. The number of benzene rings is 1. The van der Waals surface area contributed by atoms with Gasteiger partial charge in [-0.15, -0.1) is 0 Å². The van der Waals surface area contributed by atoms with Crippen LogP contribution in [0.2, 0.25) is 5.02 Å². The maximum absolute atomic E-state index is 11.1. The minimum absolute atomic E-state index is 0.0880. The summed E-state index contributed by atoms with van der Waals surface area (Å²) in [5.74, 6) is 0. The van der Waals surface area contributed by atoms with E-state index in [1.54, 1.807) is 6.07 Å². The lowest BCUT2D eigenvalue weighted by atomic mass is 10.4. The second-order valence-corrected chi connectivity index (χ2v) is 6.67. The molecule has 1 aromatic rings. The van der Waals surface area contributed by atoms with Gasteiger partial charge in [0.05, 0.1) is 9.50 Å². The van der Waals surface area contributed by atoms with Gasteiger partial charge in [-0.2, -0.15) is 0 Å². The Morgan fingerprint density at radius 2 is 1.77 bits per heavy atom. The highest BCUT2D eigenvalue weighted by Crippen LogP contribution is 2.36. The molecule has 0 N–H and O–H groups in total. The van der Waals surface area contributed by atoms with Crippen LogP contribution in [0, 0.1) is 0 Å². The fourth-order valence-electron chi connectivity index (χ4n) is 0.732. The normalized spacial score (nSPS) is 11.7. The van der Waals surface area contributed by atoms with Crippen LogP contribution < -0.4 is 0 Å². The molecule has 0 aliphatic heterocycles. The van der Waals surface area contributed by atoms with Crippen LogP contribution in [0.25, 0.3) is 0 Å². The van der Waals surface area contributed by atoms with Gasteiger partial charge in [-0.3, -0.25) is 0 Å². The summed E-state index contributed by atoms with van der Waals surface area (Å²) in [6, 6.07) is 3.07. The molecule has 0 aromatic heterocycles. The first-order valence-corrected chi connectivity index (χ1v) is 7.19. The molecule has 0 amide bonds. The molecule has 2 nitrogen and oxygen atoms in total. The van der Waals surface area contributed by atoms with Gasteiger partial charge < -0.3 is 0 Å².